The number of carbonyl (C=O) groups is 1. The molecule has 0 spiro atoms. The molecule has 2 aromatic rings. The van der Waals surface area contributed by atoms with Gasteiger partial charge in [0.05, 0.1) is 5.56 Å². The number of nitrogens with zero attached hydrogens (tertiary/aromatic N) is 2. The van der Waals surface area contributed by atoms with E-state index in [4.69, 9.17) is 4.98 Å². The van der Waals surface area contributed by atoms with Crippen molar-refractivity contribution in [1.82, 2.24) is 4.98 Å². The lowest BCUT2D eigenvalue weighted by atomic mass is 9.71. The van der Waals surface area contributed by atoms with Gasteiger partial charge in [-0.25, -0.2) is 4.98 Å². The molecule has 1 heterocycles. The fraction of sp³-hybridized carbons (Fsp3) is 0.480. The van der Waals surface area contributed by atoms with Crippen LogP contribution >= 0.6 is 11.8 Å². The zero-order chi connectivity index (χ0) is 21.9. The number of fused-ring (bicyclic) bond motifs is 1. The second-order valence-corrected chi connectivity index (χ2v) is 10.4. The van der Waals surface area contributed by atoms with E-state index in [1.54, 1.807) is 0 Å². The number of carbonyl (C=O) groups excluding carboxylic acids is 1. The number of rotatable bonds is 5. The normalized spacial score (nSPS) is 15.9. The summed E-state index contributed by atoms with van der Waals surface area (Å²) in [6.45, 7) is 10.9. The lowest BCUT2D eigenvalue weighted by Crippen LogP contribution is -2.27. The van der Waals surface area contributed by atoms with Crippen LogP contribution in [0.1, 0.15) is 61.6 Å². The highest BCUT2D eigenvalue weighted by Gasteiger charge is 2.30. The van der Waals surface area contributed by atoms with Gasteiger partial charge in [0.2, 0.25) is 5.91 Å². The number of anilines is 1. The van der Waals surface area contributed by atoms with Crippen molar-refractivity contribution < 1.29 is 4.79 Å². The van der Waals surface area contributed by atoms with Gasteiger partial charge < -0.3 is 5.32 Å². The number of amides is 1. The number of benzene rings is 1. The summed E-state index contributed by atoms with van der Waals surface area (Å²) < 4.78 is 0. The first-order chi connectivity index (χ1) is 14.2. The standard InChI is InChI=1S/C25H31N3OS/c1-16-6-7-17(2)22(12-16)27-23(29)10-11-30-24-19(15-26)13-18-14-20(25(3,4)5)8-9-21(18)28-24/h6-7,12-13,20H,8-11,14H2,1-5H3,(H,27,29). The molecule has 0 fully saturated rings. The highest BCUT2D eigenvalue weighted by atomic mass is 32.2. The van der Waals surface area contributed by atoms with E-state index in [1.165, 1.54) is 17.3 Å². The molecule has 1 aromatic heterocycles. The molecule has 30 heavy (non-hydrogen) atoms. The van der Waals surface area contributed by atoms with Crippen LogP contribution in [0.25, 0.3) is 0 Å². The molecule has 4 nitrogen and oxygen atoms in total. The van der Waals surface area contributed by atoms with Crippen molar-refractivity contribution in [1.29, 1.82) is 5.26 Å². The van der Waals surface area contributed by atoms with E-state index in [-0.39, 0.29) is 11.3 Å². The molecule has 158 valence electrons. The second-order valence-electron chi connectivity index (χ2n) is 9.33. The lowest BCUT2D eigenvalue weighted by Gasteiger charge is -2.34. The summed E-state index contributed by atoms with van der Waals surface area (Å²) in [6, 6.07) is 10.4. The zero-order valence-electron chi connectivity index (χ0n) is 18.6. The summed E-state index contributed by atoms with van der Waals surface area (Å²) in [5.74, 6) is 1.20. The Morgan fingerprint density at radius 2 is 2.07 bits per heavy atom. The Morgan fingerprint density at radius 1 is 1.30 bits per heavy atom. The van der Waals surface area contributed by atoms with Crippen molar-refractivity contribution in [2.45, 2.75) is 65.3 Å². The molecule has 0 radical (unpaired) electrons. The van der Waals surface area contributed by atoms with Crippen LogP contribution in [-0.4, -0.2) is 16.6 Å². The van der Waals surface area contributed by atoms with E-state index in [1.807, 2.05) is 38.1 Å². The predicted octanol–water partition coefficient (Wildman–Crippen LogP) is 5.84. The molecule has 0 saturated carbocycles. The van der Waals surface area contributed by atoms with Crippen LogP contribution in [0.5, 0.6) is 0 Å². The SMILES string of the molecule is Cc1ccc(C)c(NC(=O)CCSc2nc3c(cc2C#N)CC(C(C)(C)C)CC3)c1. The number of hydrogen-bond donors (Lipinski definition) is 1. The maximum Gasteiger partial charge on any atom is 0.225 e. The van der Waals surface area contributed by atoms with E-state index in [2.05, 4.69) is 32.2 Å². The van der Waals surface area contributed by atoms with Crippen LogP contribution in [0.3, 0.4) is 0 Å². The number of nitriles is 1. The number of thioether (sulfide) groups is 1. The van der Waals surface area contributed by atoms with Gasteiger partial charge in [0.25, 0.3) is 0 Å². The first kappa shape index (κ1) is 22.4. The van der Waals surface area contributed by atoms with Crippen LogP contribution in [0.15, 0.2) is 29.3 Å². The predicted molar refractivity (Wildman–Crippen MR) is 124 cm³/mol. The third kappa shape index (κ3) is 5.43. The molecule has 1 aliphatic rings. The Labute approximate surface area is 184 Å². The van der Waals surface area contributed by atoms with Crippen LogP contribution in [0.4, 0.5) is 5.69 Å². The first-order valence-corrected chi connectivity index (χ1v) is 11.6. The van der Waals surface area contributed by atoms with Gasteiger partial charge in [-0.1, -0.05) is 32.9 Å². The number of hydrogen-bond acceptors (Lipinski definition) is 4. The van der Waals surface area contributed by atoms with Crippen LogP contribution in [0, 0.1) is 36.5 Å². The molecular formula is C25H31N3OS. The summed E-state index contributed by atoms with van der Waals surface area (Å²) in [7, 11) is 0. The smallest absolute Gasteiger partial charge is 0.225 e. The van der Waals surface area contributed by atoms with Gasteiger partial charge in [0.1, 0.15) is 11.1 Å². The van der Waals surface area contributed by atoms with Gasteiger partial charge in [0, 0.05) is 23.6 Å². The second kappa shape index (κ2) is 9.22. The highest BCUT2D eigenvalue weighted by molar-refractivity contribution is 7.99. The van der Waals surface area contributed by atoms with Gasteiger partial charge in [-0.05, 0) is 73.3 Å². The molecule has 0 saturated heterocycles. The summed E-state index contributed by atoms with van der Waals surface area (Å²) in [6.07, 6.45) is 3.47. The molecule has 1 unspecified atom stereocenters. The molecule has 5 heteroatoms. The van der Waals surface area contributed by atoms with E-state index in [0.29, 0.717) is 23.7 Å². The van der Waals surface area contributed by atoms with Crippen molar-refractivity contribution in [2.24, 2.45) is 11.3 Å². The number of nitrogens with one attached hydrogen (secondary N) is 1. The quantitative estimate of drug-likeness (QED) is 0.616. The molecule has 1 N–H and O–H groups in total. The summed E-state index contributed by atoms with van der Waals surface area (Å²) in [4.78, 5) is 17.2. The van der Waals surface area contributed by atoms with Crippen molar-refractivity contribution in [3.8, 4) is 6.07 Å². The Balaban J connectivity index is 1.63. The van der Waals surface area contributed by atoms with Gasteiger partial charge in [-0.3, -0.25) is 4.79 Å². The molecule has 1 amide bonds. The minimum absolute atomic E-state index is 0.0133. The average Bonchev–Trinajstić information content (AvgIpc) is 2.69. The minimum Gasteiger partial charge on any atom is -0.326 e. The highest BCUT2D eigenvalue weighted by Crippen LogP contribution is 2.38. The Hall–Kier alpha value is -2.32. The summed E-state index contributed by atoms with van der Waals surface area (Å²) in [5.41, 5.74) is 6.27. The van der Waals surface area contributed by atoms with Gasteiger partial charge >= 0.3 is 0 Å². The van der Waals surface area contributed by atoms with Crippen molar-refractivity contribution in [3.05, 3.63) is 52.2 Å². The number of aryl methyl sites for hydroxylation is 3. The first-order valence-electron chi connectivity index (χ1n) is 10.6. The molecule has 1 aliphatic carbocycles. The van der Waals surface area contributed by atoms with Crippen molar-refractivity contribution in [3.63, 3.8) is 0 Å². The van der Waals surface area contributed by atoms with Crippen molar-refractivity contribution >= 4 is 23.4 Å². The maximum atomic E-state index is 12.4. The van der Waals surface area contributed by atoms with E-state index >= 15 is 0 Å². The average molecular weight is 422 g/mol. The largest absolute Gasteiger partial charge is 0.326 e. The Morgan fingerprint density at radius 3 is 2.77 bits per heavy atom. The summed E-state index contributed by atoms with van der Waals surface area (Å²) in [5, 5.41) is 13.4. The van der Waals surface area contributed by atoms with Crippen LogP contribution in [0.2, 0.25) is 0 Å². The van der Waals surface area contributed by atoms with Crippen LogP contribution in [-0.2, 0) is 17.6 Å². The number of pyridine rings is 1. The minimum atomic E-state index is -0.0133. The van der Waals surface area contributed by atoms with Gasteiger partial charge in [-0.2, -0.15) is 5.26 Å². The lowest BCUT2D eigenvalue weighted by molar-refractivity contribution is -0.115. The van der Waals surface area contributed by atoms with E-state index in [0.717, 1.165) is 46.8 Å². The van der Waals surface area contributed by atoms with Gasteiger partial charge in [0.15, 0.2) is 0 Å². The molecule has 1 aromatic carbocycles. The van der Waals surface area contributed by atoms with Crippen molar-refractivity contribution in [2.75, 3.05) is 11.1 Å². The fourth-order valence-corrected chi connectivity index (χ4v) is 4.81. The van der Waals surface area contributed by atoms with Crippen LogP contribution < -0.4 is 5.32 Å². The molecular weight excluding hydrogens is 390 g/mol. The third-order valence-electron chi connectivity index (χ3n) is 5.93. The summed E-state index contributed by atoms with van der Waals surface area (Å²) >= 11 is 1.50. The Bertz CT molecular complexity index is 985. The van der Waals surface area contributed by atoms with E-state index in [9.17, 15) is 10.1 Å². The molecule has 1 atom stereocenters. The zero-order valence-corrected chi connectivity index (χ0v) is 19.4. The molecule has 0 aliphatic heterocycles. The third-order valence-corrected chi connectivity index (χ3v) is 6.93. The molecule has 0 bridgehead atoms. The number of aromatic nitrogens is 1. The maximum absolute atomic E-state index is 12.4. The fourth-order valence-electron chi connectivity index (χ4n) is 3.90. The Kier molecular flexibility index (Phi) is 6.88. The monoisotopic (exact) mass is 421 g/mol. The van der Waals surface area contributed by atoms with Gasteiger partial charge in [-0.15, -0.1) is 11.8 Å². The molecule has 3 rings (SSSR count). The topological polar surface area (TPSA) is 65.8 Å². The van der Waals surface area contributed by atoms with E-state index < -0.39 is 0 Å².